The molecule has 5 rings (SSSR count). The molecule has 0 saturated carbocycles. The first-order valence-corrected chi connectivity index (χ1v) is 10.9. The molecule has 0 fully saturated rings. The number of amides is 1. The largest absolute Gasteiger partial charge is 0.489 e. The van der Waals surface area contributed by atoms with Crippen molar-refractivity contribution in [1.29, 1.82) is 0 Å². The van der Waals surface area contributed by atoms with E-state index >= 15 is 4.39 Å². The summed E-state index contributed by atoms with van der Waals surface area (Å²) >= 11 is 0. The number of fused-ring (bicyclic) bond motifs is 2. The van der Waals surface area contributed by atoms with Crippen LogP contribution in [0.5, 0.6) is 5.75 Å². The summed E-state index contributed by atoms with van der Waals surface area (Å²) in [4.78, 5) is 18.3. The van der Waals surface area contributed by atoms with Crippen LogP contribution in [0, 0.1) is 5.82 Å². The van der Waals surface area contributed by atoms with E-state index in [9.17, 15) is 4.79 Å². The van der Waals surface area contributed by atoms with Crippen LogP contribution in [0.25, 0.3) is 22.0 Å². The smallest absolute Gasteiger partial charge is 0.255 e. The number of aromatic nitrogens is 3. The molecular weight excluding hydrogens is 429 g/mol. The standard InChI is InChI=1S/C25H21B2FN4O2/c1-14(2)34-21-9-8-17(19-13-31(3)30-22(19)21)15-6-7-16(20(28)11-15)12-32-24(33)18-5-4-10-29-23(18)25(32,26)27/h4-11,13-14H,12H2,1-3H3. The number of hydrogen-bond acceptors (Lipinski definition) is 4. The summed E-state index contributed by atoms with van der Waals surface area (Å²) in [5.74, 6) is -0.173. The van der Waals surface area contributed by atoms with Gasteiger partial charge in [-0.25, -0.2) is 4.39 Å². The zero-order valence-electron chi connectivity index (χ0n) is 19.1. The molecule has 6 nitrogen and oxygen atoms in total. The molecule has 0 bridgehead atoms. The Morgan fingerprint density at radius 3 is 2.65 bits per heavy atom. The van der Waals surface area contributed by atoms with E-state index < -0.39 is 11.2 Å². The molecular formula is C25H21B2FN4O2. The van der Waals surface area contributed by atoms with Gasteiger partial charge in [0.05, 0.1) is 33.1 Å². The summed E-state index contributed by atoms with van der Waals surface area (Å²) in [6.45, 7) is 3.82. The number of halogens is 1. The van der Waals surface area contributed by atoms with Crippen LogP contribution in [-0.4, -0.2) is 47.4 Å². The van der Waals surface area contributed by atoms with Gasteiger partial charge in [-0.2, -0.15) is 5.10 Å². The number of aryl methyl sites for hydroxylation is 1. The third kappa shape index (κ3) is 3.56. The SMILES string of the molecule is [B]C1([B])c2ncccc2C(=O)N1Cc1ccc(-c2ccc(OC(C)C)c3nn(C)cc23)cc1F. The molecule has 0 atom stereocenters. The summed E-state index contributed by atoms with van der Waals surface area (Å²) < 4.78 is 22.9. The van der Waals surface area contributed by atoms with E-state index in [1.165, 1.54) is 17.2 Å². The van der Waals surface area contributed by atoms with Gasteiger partial charge in [-0.1, -0.05) is 12.1 Å². The van der Waals surface area contributed by atoms with Gasteiger partial charge in [-0.3, -0.25) is 14.5 Å². The van der Waals surface area contributed by atoms with Crippen LogP contribution >= 0.6 is 0 Å². The first-order chi connectivity index (χ1) is 16.2. The molecule has 1 amide bonds. The molecule has 4 aromatic rings. The van der Waals surface area contributed by atoms with Crippen molar-refractivity contribution in [3.05, 3.63) is 77.5 Å². The lowest BCUT2D eigenvalue weighted by atomic mass is 9.59. The molecule has 3 heterocycles. The van der Waals surface area contributed by atoms with E-state index in [1.54, 1.807) is 22.9 Å². The van der Waals surface area contributed by atoms with E-state index in [4.69, 9.17) is 20.4 Å². The van der Waals surface area contributed by atoms with Crippen molar-refractivity contribution in [3.8, 4) is 16.9 Å². The quantitative estimate of drug-likeness (QED) is 0.436. The van der Waals surface area contributed by atoms with Crippen molar-refractivity contribution >= 4 is 32.5 Å². The maximum Gasteiger partial charge on any atom is 0.255 e. The van der Waals surface area contributed by atoms with E-state index in [-0.39, 0.29) is 24.2 Å². The average Bonchev–Trinajstić information content (AvgIpc) is 3.26. The molecule has 1 aliphatic rings. The third-order valence-corrected chi connectivity index (χ3v) is 5.92. The van der Waals surface area contributed by atoms with Gasteiger partial charge in [0.15, 0.2) is 0 Å². The predicted molar refractivity (Wildman–Crippen MR) is 129 cm³/mol. The van der Waals surface area contributed by atoms with Gasteiger partial charge in [0.2, 0.25) is 0 Å². The van der Waals surface area contributed by atoms with Crippen LogP contribution in [0.15, 0.2) is 54.9 Å². The molecule has 0 unspecified atom stereocenters. The normalized spacial score (nSPS) is 14.7. The van der Waals surface area contributed by atoms with Crippen molar-refractivity contribution in [2.24, 2.45) is 7.05 Å². The Kier molecular flexibility index (Phi) is 5.23. The van der Waals surface area contributed by atoms with Crippen molar-refractivity contribution in [1.82, 2.24) is 19.7 Å². The average molecular weight is 450 g/mol. The van der Waals surface area contributed by atoms with Crippen molar-refractivity contribution in [2.45, 2.75) is 31.8 Å². The van der Waals surface area contributed by atoms with Crippen molar-refractivity contribution < 1.29 is 13.9 Å². The van der Waals surface area contributed by atoms with Crippen LogP contribution in [0.2, 0.25) is 0 Å². The second-order valence-corrected chi connectivity index (χ2v) is 8.77. The van der Waals surface area contributed by atoms with Crippen LogP contribution in [0.4, 0.5) is 4.39 Å². The molecule has 1 aliphatic heterocycles. The highest BCUT2D eigenvalue weighted by Gasteiger charge is 2.43. The second kappa shape index (κ2) is 8.01. The topological polar surface area (TPSA) is 60.3 Å². The molecule has 166 valence electrons. The fourth-order valence-corrected chi connectivity index (χ4v) is 4.35. The highest BCUT2D eigenvalue weighted by atomic mass is 19.1. The Labute approximate surface area is 199 Å². The number of benzene rings is 2. The lowest BCUT2D eigenvalue weighted by Gasteiger charge is -2.33. The number of pyridine rings is 1. The Balaban J connectivity index is 1.49. The molecule has 0 aliphatic carbocycles. The molecule has 2 aromatic heterocycles. The molecule has 34 heavy (non-hydrogen) atoms. The predicted octanol–water partition coefficient (Wildman–Crippen LogP) is 3.66. The Hall–Kier alpha value is -3.61. The minimum atomic E-state index is -1.62. The van der Waals surface area contributed by atoms with Gasteiger partial charge in [0.1, 0.15) is 17.1 Å². The van der Waals surface area contributed by atoms with Crippen LogP contribution in [0.1, 0.15) is 35.5 Å². The third-order valence-electron chi connectivity index (χ3n) is 5.92. The van der Waals surface area contributed by atoms with Crippen LogP contribution in [-0.2, 0) is 18.9 Å². The number of ether oxygens (including phenoxy) is 1. The number of carbonyl (C=O) groups excluding carboxylic acids is 1. The van der Waals surface area contributed by atoms with E-state index in [0.717, 1.165) is 10.9 Å². The maximum absolute atomic E-state index is 15.3. The molecule has 0 N–H and O–H groups in total. The lowest BCUT2D eigenvalue weighted by Crippen LogP contribution is -2.44. The summed E-state index contributed by atoms with van der Waals surface area (Å²) in [7, 11) is 14.3. The van der Waals surface area contributed by atoms with Gasteiger partial charge in [-0.05, 0) is 55.3 Å². The molecule has 2 aromatic carbocycles. The molecule has 0 spiro atoms. The van der Waals surface area contributed by atoms with Crippen molar-refractivity contribution in [2.75, 3.05) is 0 Å². The fourth-order valence-electron chi connectivity index (χ4n) is 4.35. The Morgan fingerprint density at radius 1 is 1.15 bits per heavy atom. The molecule has 4 radical (unpaired) electrons. The van der Waals surface area contributed by atoms with Crippen molar-refractivity contribution in [3.63, 3.8) is 0 Å². The monoisotopic (exact) mass is 450 g/mol. The zero-order chi connectivity index (χ0) is 24.2. The Morgan fingerprint density at radius 2 is 1.94 bits per heavy atom. The van der Waals surface area contributed by atoms with E-state index in [2.05, 4.69) is 10.1 Å². The number of carbonyl (C=O) groups is 1. The number of nitrogens with zero attached hydrogens (tertiary/aromatic N) is 4. The van der Waals surface area contributed by atoms with Gasteiger partial charge >= 0.3 is 0 Å². The molecule has 9 heteroatoms. The minimum absolute atomic E-state index is 0.000343. The van der Waals surface area contributed by atoms with Crippen LogP contribution < -0.4 is 4.74 Å². The van der Waals surface area contributed by atoms with Gasteiger partial charge < -0.3 is 9.64 Å². The zero-order valence-corrected chi connectivity index (χ0v) is 19.1. The van der Waals surface area contributed by atoms with E-state index in [0.29, 0.717) is 28.0 Å². The highest BCUT2D eigenvalue weighted by Crippen LogP contribution is 2.37. The molecule has 0 saturated heterocycles. The minimum Gasteiger partial charge on any atom is -0.489 e. The van der Waals surface area contributed by atoms with E-state index in [1.807, 2.05) is 45.3 Å². The fraction of sp³-hybridized carbons (Fsp3) is 0.240. The Bertz CT molecular complexity index is 1430. The van der Waals surface area contributed by atoms with Gasteiger partial charge in [0.25, 0.3) is 5.91 Å². The van der Waals surface area contributed by atoms with Crippen LogP contribution in [0.3, 0.4) is 0 Å². The van der Waals surface area contributed by atoms with Gasteiger partial charge in [0, 0.05) is 42.3 Å². The first-order valence-electron chi connectivity index (χ1n) is 10.9. The number of rotatable bonds is 5. The first kappa shape index (κ1) is 22.2. The second-order valence-electron chi connectivity index (χ2n) is 8.77. The summed E-state index contributed by atoms with van der Waals surface area (Å²) in [6, 6.07) is 11.9. The lowest BCUT2D eigenvalue weighted by molar-refractivity contribution is 0.0729. The van der Waals surface area contributed by atoms with Gasteiger partial charge in [-0.15, -0.1) is 0 Å². The summed E-state index contributed by atoms with van der Waals surface area (Å²) in [5.41, 5.74) is 3.12. The summed E-state index contributed by atoms with van der Waals surface area (Å²) in [5, 5.41) is 3.76. The highest BCUT2D eigenvalue weighted by molar-refractivity contribution is 6.42. The summed E-state index contributed by atoms with van der Waals surface area (Å²) in [6.07, 6.45) is 3.41. The maximum atomic E-state index is 15.3. The number of hydrogen-bond donors (Lipinski definition) is 0.